The fraction of sp³-hybridized carbons (Fsp3) is 0.873. The maximum atomic E-state index is 12.5. The number of amides is 1. The molecule has 0 saturated carbocycles. The zero-order valence-corrected chi connectivity index (χ0v) is 40.4. The molecule has 0 aromatic heterocycles. The molecule has 0 saturated heterocycles. The Labute approximate surface area is 374 Å². The summed E-state index contributed by atoms with van der Waals surface area (Å²) in [6.45, 7) is 4.19. The molecule has 0 bridgehead atoms. The van der Waals surface area contributed by atoms with Crippen molar-refractivity contribution in [2.75, 3.05) is 6.61 Å². The molecule has 0 aliphatic rings. The Morgan fingerprint density at radius 3 is 1.02 bits per heavy atom. The first-order valence-electron chi connectivity index (χ1n) is 26.8. The molecule has 5 nitrogen and oxygen atoms in total. The molecule has 60 heavy (non-hydrogen) atoms. The lowest BCUT2D eigenvalue weighted by Gasteiger charge is -2.26. The fourth-order valence-corrected chi connectivity index (χ4v) is 8.29. The molecular formula is C55H105NO4. The molecule has 0 heterocycles. The van der Waals surface area contributed by atoms with Gasteiger partial charge in [0.05, 0.1) is 18.8 Å². The second kappa shape index (κ2) is 50.2. The maximum absolute atomic E-state index is 12.5. The predicted octanol–water partition coefficient (Wildman–Crippen LogP) is 16.3. The highest BCUT2D eigenvalue weighted by molar-refractivity contribution is 5.76. The first kappa shape index (κ1) is 58.6. The van der Waals surface area contributed by atoms with Crippen LogP contribution < -0.4 is 5.32 Å². The zero-order chi connectivity index (χ0) is 43.7. The molecule has 1 amide bonds. The van der Waals surface area contributed by atoms with Gasteiger partial charge in [0.15, 0.2) is 0 Å². The average molecular weight is 844 g/mol. The van der Waals surface area contributed by atoms with Crippen molar-refractivity contribution in [3.05, 3.63) is 36.5 Å². The van der Waals surface area contributed by atoms with Crippen molar-refractivity contribution < 1.29 is 20.1 Å². The molecule has 5 heteroatoms. The van der Waals surface area contributed by atoms with Crippen LogP contribution >= 0.6 is 0 Å². The van der Waals surface area contributed by atoms with Gasteiger partial charge in [0.25, 0.3) is 0 Å². The van der Waals surface area contributed by atoms with Crippen molar-refractivity contribution in [1.82, 2.24) is 5.32 Å². The smallest absolute Gasteiger partial charge is 0.220 e. The number of carbonyl (C=O) groups is 1. The quantitative estimate of drug-likeness (QED) is 0.0363. The summed E-state index contributed by atoms with van der Waals surface area (Å²) in [5.74, 6) is -0.160. The van der Waals surface area contributed by atoms with E-state index in [0.29, 0.717) is 12.8 Å². The van der Waals surface area contributed by atoms with Crippen LogP contribution in [0.5, 0.6) is 0 Å². The molecule has 0 spiro atoms. The largest absolute Gasteiger partial charge is 0.394 e. The number of hydrogen-bond acceptors (Lipinski definition) is 4. The van der Waals surface area contributed by atoms with Crippen LogP contribution in [0.2, 0.25) is 0 Å². The van der Waals surface area contributed by atoms with Crippen molar-refractivity contribution in [3.8, 4) is 0 Å². The van der Waals surface area contributed by atoms with Crippen LogP contribution in [0.15, 0.2) is 36.5 Å². The molecule has 0 aromatic rings. The van der Waals surface area contributed by atoms with Crippen LogP contribution in [-0.4, -0.2) is 46.1 Å². The van der Waals surface area contributed by atoms with Crippen LogP contribution in [0.1, 0.15) is 284 Å². The van der Waals surface area contributed by atoms with Gasteiger partial charge in [-0.2, -0.15) is 0 Å². The van der Waals surface area contributed by atoms with Crippen LogP contribution in [-0.2, 0) is 4.79 Å². The van der Waals surface area contributed by atoms with E-state index in [9.17, 15) is 20.1 Å². The lowest BCUT2D eigenvalue weighted by molar-refractivity contribution is -0.124. The van der Waals surface area contributed by atoms with Crippen LogP contribution in [0.25, 0.3) is 0 Å². The Bertz CT molecular complexity index is 931. The van der Waals surface area contributed by atoms with Gasteiger partial charge >= 0.3 is 0 Å². The zero-order valence-electron chi connectivity index (χ0n) is 40.4. The van der Waals surface area contributed by atoms with Gasteiger partial charge in [-0.3, -0.25) is 4.79 Å². The van der Waals surface area contributed by atoms with E-state index in [1.54, 1.807) is 0 Å². The Hall–Kier alpha value is -1.43. The van der Waals surface area contributed by atoms with E-state index in [-0.39, 0.29) is 12.5 Å². The minimum atomic E-state index is -1.17. The third kappa shape index (κ3) is 44.6. The molecule has 0 aliphatic heterocycles. The number of aliphatic hydroxyl groups excluding tert-OH is 3. The summed E-state index contributed by atoms with van der Waals surface area (Å²) in [5.41, 5.74) is 0. The maximum Gasteiger partial charge on any atom is 0.220 e. The highest BCUT2D eigenvalue weighted by atomic mass is 16.3. The fourth-order valence-electron chi connectivity index (χ4n) is 8.29. The van der Waals surface area contributed by atoms with Gasteiger partial charge in [-0.15, -0.1) is 0 Å². The van der Waals surface area contributed by atoms with E-state index >= 15 is 0 Å². The number of unbranched alkanes of at least 4 members (excludes halogenated alkanes) is 35. The van der Waals surface area contributed by atoms with E-state index < -0.39 is 18.2 Å². The van der Waals surface area contributed by atoms with Crippen molar-refractivity contribution in [1.29, 1.82) is 0 Å². The van der Waals surface area contributed by atoms with Gasteiger partial charge < -0.3 is 20.6 Å². The number of aliphatic hydroxyl groups is 3. The van der Waals surface area contributed by atoms with Crippen molar-refractivity contribution in [2.24, 2.45) is 0 Å². The molecule has 354 valence electrons. The summed E-state index contributed by atoms with van der Waals surface area (Å²) in [7, 11) is 0. The Morgan fingerprint density at radius 1 is 0.400 bits per heavy atom. The summed E-state index contributed by atoms with van der Waals surface area (Å²) in [5, 5.41) is 33.7. The third-order valence-corrected chi connectivity index (χ3v) is 12.4. The van der Waals surface area contributed by atoms with E-state index in [1.807, 2.05) is 0 Å². The van der Waals surface area contributed by atoms with Crippen molar-refractivity contribution >= 4 is 5.91 Å². The molecule has 0 radical (unpaired) electrons. The first-order chi connectivity index (χ1) is 29.6. The molecule has 3 unspecified atom stereocenters. The second-order valence-electron chi connectivity index (χ2n) is 18.4. The van der Waals surface area contributed by atoms with Crippen molar-refractivity contribution in [2.45, 2.75) is 302 Å². The minimum Gasteiger partial charge on any atom is -0.394 e. The lowest BCUT2D eigenvalue weighted by Crippen LogP contribution is -2.50. The van der Waals surface area contributed by atoms with Gasteiger partial charge in [0.1, 0.15) is 6.10 Å². The predicted molar refractivity (Wildman–Crippen MR) is 264 cm³/mol. The number of carbonyl (C=O) groups excluding carboxylic acids is 1. The van der Waals surface area contributed by atoms with Gasteiger partial charge in [-0.25, -0.2) is 0 Å². The molecule has 0 fully saturated rings. The topological polar surface area (TPSA) is 89.8 Å². The van der Waals surface area contributed by atoms with Gasteiger partial charge in [0.2, 0.25) is 5.91 Å². The van der Waals surface area contributed by atoms with Gasteiger partial charge in [-0.1, -0.05) is 237 Å². The average Bonchev–Trinajstić information content (AvgIpc) is 3.25. The molecule has 4 N–H and O–H groups in total. The minimum absolute atomic E-state index is 0.160. The van der Waals surface area contributed by atoms with Crippen LogP contribution in [0, 0.1) is 0 Å². The molecular weight excluding hydrogens is 739 g/mol. The van der Waals surface area contributed by atoms with Crippen molar-refractivity contribution in [3.63, 3.8) is 0 Å². The lowest BCUT2D eigenvalue weighted by atomic mass is 10.0. The Balaban J connectivity index is 3.63. The van der Waals surface area contributed by atoms with Gasteiger partial charge in [0, 0.05) is 6.42 Å². The summed E-state index contributed by atoms with van der Waals surface area (Å²) < 4.78 is 0. The van der Waals surface area contributed by atoms with Gasteiger partial charge in [-0.05, 0) is 77.0 Å². The van der Waals surface area contributed by atoms with E-state index in [4.69, 9.17) is 0 Å². The second-order valence-corrected chi connectivity index (χ2v) is 18.4. The Kier molecular flexibility index (Phi) is 49.0. The van der Waals surface area contributed by atoms with Crippen LogP contribution in [0.4, 0.5) is 0 Å². The number of allylic oxidation sites excluding steroid dienone is 6. The highest BCUT2D eigenvalue weighted by Gasteiger charge is 2.26. The van der Waals surface area contributed by atoms with E-state index in [1.165, 1.54) is 212 Å². The Morgan fingerprint density at radius 2 is 0.683 bits per heavy atom. The highest BCUT2D eigenvalue weighted by Crippen LogP contribution is 2.16. The summed E-state index contributed by atoms with van der Waals surface area (Å²) in [6, 6.07) is -0.835. The molecule has 0 aliphatic carbocycles. The normalized spacial score (nSPS) is 13.6. The van der Waals surface area contributed by atoms with Crippen LogP contribution in [0.3, 0.4) is 0 Å². The summed E-state index contributed by atoms with van der Waals surface area (Å²) in [6.07, 6.45) is 64.3. The summed E-state index contributed by atoms with van der Waals surface area (Å²) in [4.78, 5) is 12.5. The SMILES string of the molecule is CCCCCCCCCCCCCC/C=C\CCCCCCCCCC(=O)NC(CO)C(O)C(O)CCC/C=C/CC/C=C/CCCCCCCCCCCCCCCC. The number of rotatable bonds is 49. The van der Waals surface area contributed by atoms with E-state index in [0.717, 1.165) is 44.9 Å². The molecule has 0 aromatic carbocycles. The number of hydrogen-bond donors (Lipinski definition) is 4. The molecule has 0 rings (SSSR count). The summed E-state index contributed by atoms with van der Waals surface area (Å²) >= 11 is 0. The van der Waals surface area contributed by atoms with E-state index in [2.05, 4.69) is 55.6 Å². The first-order valence-corrected chi connectivity index (χ1v) is 26.8. The monoisotopic (exact) mass is 844 g/mol. The molecule has 3 atom stereocenters. The standard InChI is InChI=1S/C55H105NO4/c1-3-5-7-9-11-13-15-17-19-21-23-25-27-29-31-33-35-37-39-41-43-45-47-49-53(58)55(60)52(51-57)56-54(59)50-48-46-44-42-40-38-36-34-32-30-28-26-24-22-20-18-16-14-12-10-8-6-4-2/h30,32-33,35,41,43,52-53,55,57-58,60H,3-29,31,34,36-40,42,44-51H2,1-2H3,(H,56,59)/b32-30-,35-33+,43-41+. The third-order valence-electron chi connectivity index (χ3n) is 12.4. The number of nitrogens with one attached hydrogen (secondary N) is 1.